The largest absolute Gasteiger partial charge is 0.455 e. The second kappa shape index (κ2) is 5.66. The summed E-state index contributed by atoms with van der Waals surface area (Å²) in [5.74, 6) is -0.433. The smallest absolute Gasteiger partial charge is 0.340 e. The van der Waals surface area contributed by atoms with Gasteiger partial charge in [0, 0.05) is 12.7 Å². The van der Waals surface area contributed by atoms with Gasteiger partial charge in [0.1, 0.15) is 6.61 Å². The van der Waals surface area contributed by atoms with Crippen molar-refractivity contribution in [3.05, 3.63) is 45.2 Å². The third-order valence-electron chi connectivity index (χ3n) is 3.03. The lowest BCUT2D eigenvalue weighted by Gasteiger charge is -2.08. The number of rotatable bonds is 3. The number of ether oxygens (including phenoxy) is 1. The van der Waals surface area contributed by atoms with Crippen LogP contribution < -0.4 is 5.73 Å². The van der Waals surface area contributed by atoms with Crippen LogP contribution >= 0.6 is 15.9 Å². The fourth-order valence-electron chi connectivity index (χ4n) is 1.90. The van der Waals surface area contributed by atoms with Crippen molar-refractivity contribution in [3.63, 3.8) is 0 Å². The average molecular weight is 338 g/mol. The SMILES string of the molecule is Cc1ccc(N)c(C(=O)OCc2c(Br)c(C)nn2C)c1. The molecule has 0 bridgehead atoms. The lowest BCUT2D eigenvalue weighted by Crippen LogP contribution is -2.10. The molecule has 0 aliphatic rings. The van der Waals surface area contributed by atoms with Crippen LogP contribution in [0.25, 0.3) is 0 Å². The zero-order chi connectivity index (χ0) is 14.9. The standard InChI is InChI=1S/C14H16BrN3O2/c1-8-4-5-11(16)10(6-8)14(19)20-7-12-13(15)9(2)17-18(12)3/h4-6H,7,16H2,1-3H3. The van der Waals surface area contributed by atoms with Crippen LogP contribution in [0.4, 0.5) is 5.69 Å². The highest BCUT2D eigenvalue weighted by Crippen LogP contribution is 2.22. The number of aromatic nitrogens is 2. The molecule has 5 nitrogen and oxygen atoms in total. The number of carbonyl (C=O) groups is 1. The number of hydrogen-bond acceptors (Lipinski definition) is 4. The molecule has 0 amide bonds. The van der Waals surface area contributed by atoms with E-state index in [4.69, 9.17) is 10.5 Å². The number of esters is 1. The van der Waals surface area contributed by atoms with Crippen molar-refractivity contribution in [2.45, 2.75) is 20.5 Å². The summed E-state index contributed by atoms with van der Waals surface area (Å²) in [6.45, 7) is 3.93. The number of nitrogen functional groups attached to an aromatic ring is 1. The van der Waals surface area contributed by atoms with E-state index in [1.165, 1.54) is 0 Å². The van der Waals surface area contributed by atoms with Gasteiger partial charge in [-0.1, -0.05) is 11.6 Å². The molecule has 1 aromatic carbocycles. The third kappa shape index (κ3) is 2.85. The number of hydrogen-bond donors (Lipinski definition) is 1. The molecule has 106 valence electrons. The zero-order valence-corrected chi connectivity index (χ0v) is 13.2. The van der Waals surface area contributed by atoms with E-state index in [9.17, 15) is 4.79 Å². The van der Waals surface area contributed by atoms with Crippen LogP contribution in [0, 0.1) is 13.8 Å². The second-order valence-electron chi connectivity index (χ2n) is 4.64. The van der Waals surface area contributed by atoms with Crippen molar-refractivity contribution < 1.29 is 9.53 Å². The first kappa shape index (κ1) is 14.6. The van der Waals surface area contributed by atoms with Crippen LogP contribution in [0.1, 0.15) is 27.3 Å². The van der Waals surface area contributed by atoms with Crippen LogP contribution in [-0.4, -0.2) is 15.7 Å². The molecule has 0 radical (unpaired) electrons. The number of nitrogens with zero attached hydrogens (tertiary/aromatic N) is 2. The summed E-state index contributed by atoms with van der Waals surface area (Å²) in [5, 5.41) is 4.25. The van der Waals surface area contributed by atoms with Crippen molar-refractivity contribution in [3.8, 4) is 0 Å². The molecule has 2 aromatic rings. The van der Waals surface area contributed by atoms with E-state index < -0.39 is 5.97 Å². The van der Waals surface area contributed by atoms with Crippen LogP contribution in [0.2, 0.25) is 0 Å². The van der Waals surface area contributed by atoms with Gasteiger partial charge in [0.05, 0.1) is 21.4 Å². The molecule has 0 aliphatic heterocycles. The van der Waals surface area contributed by atoms with Crippen LogP contribution in [0.3, 0.4) is 0 Å². The normalized spacial score (nSPS) is 10.6. The molecule has 1 heterocycles. The Hall–Kier alpha value is -1.82. The Morgan fingerprint density at radius 3 is 2.75 bits per heavy atom. The Morgan fingerprint density at radius 2 is 2.15 bits per heavy atom. The molecule has 20 heavy (non-hydrogen) atoms. The topological polar surface area (TPSA) is 70.1 Å². The van der Waals surface area contributed by atoms with Gasteiger partial charge < -0.3 is 10.5 Å². The van der Waals surface area contributed by atoms with Gasteiger partial charge in [0.2, 0.25) is 0 Å². The fraction of sp³-hybridized carbons (Fsp3) is 0.286. The van der Waals surface area contributed by atoms with Crippen LogP contribution in [0.5, 0.6) is 0 Å². The maximum absolute atomic E-state index is 12.1. The summed E-state index contributed by atoms with van der Waals surface area (Å²) in [4.78, 5) is 12.1. The van der Waals surface area contributed by atoms with Crippen molar-refractivity contribution >= 4 is 27.6 Å². The number of nitrogens with two attached hydrogens (primary N) is 1. The van der Waals surface area contributed by atoms with Gasteiger partial charge in [-0.15, -0.1) is 0 Å². The van der Waals surface area contributed by atoms with E-state index in [1.54, 1.807) is 16.8 Å². The minimum Gasteiger partial charge on any atom is -0.455 e. The molecule has 0 saturated carbocycles. The number of aryl methyl sites for hydroxylation is 3. The van der Waals surface area contributed by atoms with E-state index in [-0.39, 0.29) is 6.61 Å². The summed E-state index contributed by atoms with van der Waals surface area (Å²) < 4.78 is 7.85. The van der Waals surface area contributed by atoms with Crippen LogP contribution in [-0.2, 0) is 18.4 Å². The number of carbonyl (C=O) groups excluding carboxylic acids is 1. The fourth-order valence-corrected chi connectivity index (χ4v) is 2.35. The molecule has 6 heteroatoms. The van der Waals surface area contributed by atoms with Crippen molar-refractivity contribution in [1.82, 2.24) is 9.78 Å². The van der Waals surface area contributed by atoms with Crippen molar-refractivity contribution in [2.24, 2.45) is 7.05 Å². The molecule has 0 unspecified atom stereocenters. The number of halogens is 1. The van der Waals surface area contributed by atoms with Gasteiger partial charge in [-0.25, -0.2) is 4.79 Å². The number of benzene rings is 1. The van der Waals surface area contributed by atoms with Crippen molar-refractivity contribution in [2.75, 3.05) is 5.73 Å². The molecule has 0 atom stereocenters. The monoisotopic (exact) mass is 337 g/mol. The molecule has 0 aliphatic carbocycles. The van der Waals surface area contributed by atoms with E-state index in [0.29, 0.717) is 11.3 Å². The molecular formula is C14H16BrN3O2. The molecule has 1 aromatic heterocycles. The maximum Gasteiger partial charge on any atom is 0.340 e. The highest BCUT2D eigenvalue weighted by atomic mass is 79.9. The van der Waals surface area contributed by atoms with Gasteiger partial charge in [0.25, 0.3) is 0 Å². The second-order valence-corrected chi connectivity index (χ2v) is 5.43. The lowest BCUT2D eigenvalue weighted by molar-refractivity contribution is 0.0464. The van der Waals surface area contributed by atoms with Gasteiger partial charge in [-0.2, -0.15) is 5.10 Å². The highest BCUT2D eigenvalue weighted by molar-refractivity contribution is 9.10. The summed E-state index contributed by atoms with van der Waals surface area (Å²) in [5.41, 5.74) is 9.23. The number of anilines is 1. The Morgan fingerprint density at radius 1 is 1.45 bits per heavy atom. The lowest BCUT2D eigenvalue weighted by atomic mass is 10.1. The van der Waals surface area contributed by atoms with Crippen molar-refractivity contribution in [1.29, 1.82) is 0 Å². The first-order valence-electron chi connectivity index (χ1n) is 6.11. The summed E-state index contributed by atoms with van der Waals surface area (Å²) in [7, 11) is 1.81. The Bertz CT molecular complexity index is 665. The first-order valence-corrected chi connectivity index (χ1v) is 6.90. The minimum absolute atomic E-state index is 0.143. The van der Waals surface area contributed by atoms with E-state index in [2.05, 4.69) is 21.0 Å². The highest BCUT2D eigenvalue weighted by Gasteiger charge is 2.15. The van der Waals surface area contributed by atoms with E-state index in [0.717, 1.165) is 21.4 Å². The predicted molar refractivity (Wildman–Crippen MR) is 80.4 cm³/mol. The van der Waals surface area contributed by atoms with Crippen LogP contribution in [0.15, 0.2) is 22.7 Å². The predicted octanol–water partition coefficient (Wildman–Crippen LogP) is 2.74. The maximum atomic E-state index is 12.1. The van der Waals surface area contributed by atoms with Gasteiger partial charge in [-0.3, -0.25) is 4.68 Å². The molecule has 0 spiro atoms. The Labute approximate surface area is 125 Å². The zero-order valence-electron chi connectivity index (χ0n) is 11.6. The molecule has 2 rings (SSSR count). The summed E-state index contributed by atoms with van der Waals surface area (Å²) in [6, 6.07) is 5.28. The van der Waals surface area contributed by atoms with Gasteiger partial charge >= 0.3 is 5.97 Å². The third-order valence-corrected chi connectivity index (χ3v) is 4.06. The Balaban J connectivity index is 2.15. The quantitative estimate of drug-likeness (QED) is 0.690. The molecule has 0 saturated heterocycles. The first-order chi connectivity index (χ1) is 9.40. The van der Waals surface area contributed by atoms with E-state index in [1.807, 2.05) is 27.0 Å². The molecule has 0 fully saturated rings. The Kier molecular flexibility index (Phi) is 4.13. The van der Waals surface area contributed by atoms with E-state index >= 15 is 0 Å². The molecule has 2 N–H and O–H groups in total. The average Bonchev–Trinajstić information content (AvgIpc) is 2.64. The van der Waals surface area contributed by atoms with Gasteiger partial charge in [0.15, 0.2) is 0 Å². The summed E-state index contributed by atoms with van der Waals surface area (Å²) >= 11 is 3.43. The van der Waals surface area contributed by atoms with Gasteiger partial charge in [-0.05, 0) is 41.9 Å². The summed E-state index contributed by atoms with van der Waals surface area (Å²) in [6.07, 6.45) is 0. The molecular weight excluding hydrogens is 322 g/mol. The minimum atomic E-state index is -0.433.